The van der Waals surface area contributed by atoms with Crippen LogP contribution in [0, 0.1) is 0 Å². The zero-order valence-electron chi connectivity index (χ0n) is 23.2. The van der Waals surface area contributed by atoms with Gasteiger partial charge in [0.2, 0.25) is 6.79 Å². The minimum absolute atomic E-state index is 0.159. The van der Waals surface area contributed by atoms with Gasteiger partial charge in [0.15, 0.2) is 10.2 Å². The first-order valence-corrected chi connectivity index (χ1v) is 13.9. The molecule has 2 aliphatic heterocycles. The summed E-state index contributed by atoms with van der Waals surface area (Å²) >= 11 is 10.7. The van der Waals surface area contributed by atoms with Crippen molar-refractivity contribution in [2.75, 3.05) is 20.0 Å². The lowest BCUT2D eigenvalue weighted by Gasteiger charge is -2.31. The van der Waals surface area contributed by atoms with Gasteiger partial charge < -0.3 is 40.2 Å². The second-order valence-corrected chi connectivity index (χ2v) is 9.88. The van der Waals surface area contributed by atoms with Gasteiger partial charge in [0.1, 0.15) is 11.5 Å². The fourth-order valence-electron chi connectivity index (χ4n) is 4.67. The van der Waals surface area contributed by atoms with Crippen LogP contribution in [0.3, 0.4) is 0 Å². The summed E-state index contributed by atoms with van der Waals surface area (Å²) in [6.07, 6.45) is 0. The largest absolute Gasteiger partial charge is 0.463 e. The first-order valence-electron chi connectivity index (χ1n) is 13.1. The number of nitrogens with one attached hydrogen (secondary N) is 4. The quantitative estimate of drug-likeness (QED) is 0.181. The van der Waals surface area contributed by atoms with Gasteiger partial charge in [-0.3, -0.25) is 0 Å². The summed E-state index contributed by atoms with van der Waals surface area (Å²) in [6.45, 7) is 7.37. The summed E-state index contributed by atoms with van der Waals surface area (Å²) in [5.41, 5.74) is 3.39. The van der Waals surface area contributed by atoms with E-state index in [1.165, 1.54) is 0 Å². The van der Waals surface area contributed by atoms with E-state index in [0.717, 1.165) is 0 Å². The zero-order valence-corrected chi connectivity index (χ0v) is 24.8. The molecule has 0 amide bonds. The second-order valence-electron chi connectivity index (χ2n) is 9.06. The van der Waals surface area contributed by atoms with E-state index in [1.54, 1.807) is 39.8 Å². The van der Waals surface area contributed by atoms with Crippen molar-refractivity contribution in [2.24, 2.45) is 0 Å². The smallest absolute Gasteiger partial charge is 0.338 e. The number of ether oxygens (including phenoxy) is 4. The van der Waals surface area contributed by atoms with Crippen molar-refractivity contribution >= 4 is 46.6 Å². The van der Waals surface area contributed by atoms with Gasteiger partial charge in [-0.15, -0.1) is 0 Å². The molecule has 216 valence electrons. The average molecular weight is 597 g/mol. The van der Waals surface area contributed by atoms with E-state index in [0.29, 0.717) is 55.4 Å². The molecule has 12 heteroatoms. The van der Waals surface area contributed by atoms with Crippen LogP contribution in [0.1, 0.15) is 50.9 Å². The van der Waals surface area contributed by atoms with Crippen LogP contribution < -0.4 is 30.7 Å². The Labute approximate surface area is 249 Å². The van der Waals surface area contributed by atoms with E-state index >= 15 is 0 Å². The molecule has 0 spiro atoms. The molecular weight excluding hydrogens is 564 g/mol. The normalized spacial score (nSPS) is 18.4. The van der Waals surface area contributed by atoms with Crippen LogP contribution in [-0.4, -0.2) is 42.2 Å². The molecule has 2 aromatic carbocycles. The van der Waals surface area contributed by atoms with E-state index in [1.807, 2.05) is 36.4 Å². The lowest BCUT2D eigenvalue weighted by atomic mass is 9.95. The molecule has 4 N–H and O–H groups in total. The predicted molar refractivity (Wildman–Crippen MR) is 161 cm³/mol. The molecular formula is C29H32N4O6S2. The molecule has 0 fully saturated rings. The number of esters is 2. The molecule has 10 nitrogen and oxygen atoms in total. The highest BCUT2D eigenvalue weighted by Crippen LogP contribution is 2.35. The van der Waals surface area contributed by atoms with Crippen LogP contribution in [0.2, 0.25) is 0 Å². The van der Waals surface area contributed by atoms with Crippen LogP contribution in [0.25, 0.3) is 0 Å². The van der Waals surface area contributed by atoms with Crippen LogP contribution in [0.5, 0.6) is 11.5 Å². The molecule has 0 radical (unpaired) electrons. The molecule has 0 unspecified atom stereocenters. The summed E-state index contributed by atoms with van der Waals surface area (Å²) in [4.78, 5) is 25.7. The molecule has 41 heavy (non-hydrogen) atoms. The van der Waals surface area contributed by atoms with Crippen molar-refractivity contribution in [3.63, 3.8) is 0 Å². The maximum Gasteiger partial charge on any atom is 0.338 e. The summed E-state index contributed by atoms with van der Waals surface area (Å²) in [7, 11) is 0. The molecule has 0 aromatic heterocycles. The Morgan fingerprint density at radius 3 is 1.49 bits per heavy atom. The highest BCUT2D eigenvalue weighted by molar-refractivity contribution is 7.80. The molecule has 0 saturated heterocycles. The summed E-state index contributed by atoms with van der Waals surface area (Å²) in [5, 5.41) is 13.1. The van der Waals surface area contributed by atoms with E-state index in [2.05, 4.69) is 21.3 Å². The molecule has 0 bridgehead atoms. The number of carbonyl (C=O) groups excluding carboxylic acids is 2. The Balaban J connectivity index is 1.58. The van der Waals surface area contributed by atoms with Crippen molar-refractivity contribution in [1.82, 2.24) is 21.3 Å². The van der Waals surface area contributed by atoms with Gasteiger partial charge in [0, 0.05) is 22.5 Å². The minimum atomic E-state index is -0.591. The van der Waals surface area contributed by atoms with Gasteiger partial charge in [-0.1, -0.05) is 36.4 Å². The predicted octanol–water partition coefficient (Wildman–Crippen LogP) is 3.81. The van der Waals surface area contributed by atoms with Gasteiger partial charge >= 0.3 is 11.9 Å². The van der Waals surface area contributed by atoms with Crippen molar-refractivity contribution < 1.29 is 28.5 Å². The Morgan fingerprint density at radius 1 is 0.707 bits per heavy atom. The van der Waals surface area contributed by atoms with Gasteiger partial charge in [0.25, 0.3) is 0 Å². The average Bonchev–Trinajstić information content (AvgIpc) is 2.93. The van der Waals surface area contributed by atoms with Crippen molar-refractivity contribution in [3.8, 4) is 11.5 Å². The first kappa shape index (κ1) is 29.8. The van der Waals surface area contributed by atoms with Crippen LogP contribution in [0.4, 0.5) is 0 Å². The topological polar surface area (TPSA) is 119 Å². The maximum atomic E-state index is 12.8. The number of carbonyl (C=O) groups is 2. The van der Waals surface area contributed by atoms with Gasteiger partial charge in [-0.05, 0) is 64.3 Å². The van der Waals surface area contributed by atoms with Crippen molar-refractivity contribution in [1.29, 1.82) is 0 Å². The lowest BCUT2D eigenvalue weighted by molar-refractivity contribution is -0.140. The Hall–Kier alpha value is -4.16. The summed E-state index contributed by atoms with van der Waals surface area (Å²) < 4.78 is 22.8. The number of hydrogen-bond donors (Lipinski definition) is 4. The highest BCUT2D eigenvalue weighted by Gasteiger charge is 2.34. The maximum absolute atomic E-state index is 12.8. The number of benzene rings is 2. The van der Waals surface area contributed by atoms with Crippen molar-refractivity contribution in [2.45, 2.75) is 39.8 Å². The number of rotatable bonds is 10. The number of allylic oxidation sites excluding steroid dienone is 2. The molecule has 0 saturated carbocycles. The summed E-state index contributed by atoms with van der Waals surface area (Å²) in [5.74, 6) is 0.0769. The van der Waals surface area contributed by atoms with E-state index < -0.39 is 24.0 Å². The molecule has 2 aliphatic rings. The number of para-hydroxylation sites is 2. The number of hydrogen-bond acceptors (Lipinski definition) is 8. The van der Waals surface area contributed by atoms with E-state index in [-0.39, 0.29) is 20.0 Å². The van der Waals surface area contributed by atoms with Crippen LogP contribution in [-0.2, 0) is 19.1 Å². The minimum Gasteiger partial charge on any atom is -0.463 e. The van der Waals surface area contributed by atoms with Crippen molar-refractivity contribution in [3.05, 3.63) is 82.2 Å². The molecule has 4 rings (SSSR count). The van der Waals surface area contributed by atoms with Gasteiger partial charge in [0.05, 0.1) is 36.4 Å². The SMILES string of the molecule is CCOC(=O)C1=C(C)NC(=S)N[C@H]1c1ccccc1OCOc1ccccc1[C@H]1NC(=S)NC(C)=C1C(=O)OCC. The van der Waals surface area contributed by atoms with Gasteiger partial charge in [-0.25, -0.2) is 9.59 Å². The Morgan fingerprint density at radius 2 is 1.10 bits per heavy atom. The first-order chi connectivity index (χ1) is 19.7. The molecule has 2 heterocycles. The highest BCUT2D eigenvalue weighted by atomic mass is 32.1. The van der Waals surface area contributed by atoms with E-state index in [9.17, 15) is 9.59 Å². The number of thiocarbonyl (C=S) groups is 2. The third kappa shape index (κ3) is 6.77. The summed E-state index contributed by atoms with van der Waals surface area (Å²) in [6, 6.07) is 13.4. The van der Waals surface area contributed by atoms with Crippen LogP contribution in [0.15, 0.2) is 71.1 Å². The third-order valence-corrected chi connectivity index (χ3v) is 6.86. The van der Waals surface area contributed by atoms with E-state index in [4.69, 9.17) is 43.4 Å². The lowest BCUT2D eigenvalue weighted by Crippen LogP contribution is -2.45. The molecule has 0 aliphatic carbocycles. The Bertz CT molecular complexity index is 1320. The fraction of sp³-hybridized carbons (Fsp3) is 0.310. The monoisotopic (exact) mass is 596 g/mol. The molecule has 2 atom stereocenters. The molecule has 2 aromatic rings. The fourth-order valence-corrected chi connectivity index (χ4v) is 5.21. The zero-order chi connectivity index (χ0) is 29.5. The Kier molecular flexibility index (Phi) is 9.79. The van der Waals surface area contributed by atoms with Crippen LogP contribution >= 0.6 is 24.4 Å². The van der Waals surface area contributed by atoms with Gasteiger partial charge in [-0.2, -0.15) is 0 Å². The third-order valence-electron chi connectivity index (χ3n) is 6.42. The second kappa shape index (κ2) is 13.5. The standard InChI is InChI=1S/C29H32N4O6S2/c1-5-36-26(34)22-16(3)30-28(40)32-24(22)18-11-7-9-13-20(18)38-15-39-21-14-10-8-12-19(21)25-23(27(35)37-6-2)17(4)31-29(41)33-25/h7-14,24-25H,5-6,15H2,1-4H3,(H2,30,32,40)(H2,31,33,41)/t24-,25+.